The third-order valence-electron chi connectivity index (χ3n) is 2.40. The van der Waals surface area contributed by atoms with Crippen LogP contribution < -0.4 is 16.3 Å². The van der Waals surface area contributed by atoms with Gasteiger partial charge in [-0.15, -0.1) is 0 Å². The largest absolute Gasteiger partial charge is 0.316 e. The van der Waals surface area contributed by atoms with Crippen molar-refractivity contribution in [1.29, 1.82) is 0 Å². The SMILES string of the molecule is Cn1c(=O)c(=O)[nH]c2cc(S(N)(=O)=O)ccc21. The summed E-state index contributed by atoms with van der Waals surface area (Å²) in [5, 5.41) is 4.97. The Labute approximate surface area is 95.6 Å². The van der Waals surface area contributed by atoms with Gasteiger partial charge in [0.2, 0.25) is 10.0 Å². The Kier molecular flexibility index (Phi) is 2.40. The zero-order valence-corrected chi connectivity index (χ0v) is 9.61. The van der Waals surface area contributed by atoms with Gasteiger partial charge >= 0.3 is 11.1 Å². The molecule has 1 aromatic carbocycles. The van der Waals surface area contributed by atoms with Crippen LogP contribution in [-0.2, 0) is 17.1 Å². The van der Waals surface area contributed by atoms with Gasteiger partial charge < -0.3 is 9.55 Å². The average Bonchev–Trinajstić information content (AvgIpc) is 2.24. The van der Waals surface area contributed by atoms with Crippen molar-refractivity contribution in [3.05, 3.63) is 38.9 Å². The van der Waals surface area contributed by atoms with Crippen LogP contribution in [-0.4, -0.2) is 18.0 Å². The minimum absolute atomic E-state index is 0.126. The van der Waals surface area contributed by atoms with Crippen molar-refractivity contribution in [3.8, 4) is 0 Å². The second-order valence-electron chi connectivity index (χ2n) is 3.54. The summed E-state index contributed by atoms with van der Waals surface area (Å²) in [6.45, 7) is 0. The Bertz CT molecular complexity index is 816. The number of nitrogens with two attached hydrogens (primary N) is 1. The molecule has 1 aromatic heterocycles. The molecule has 0 aliphatic rings. The Hall–Kier alpha value is -1.93. The van der Waals surface area contributed by atoms with Crippen molar-refractivity contribution in [2.45, 2.75) is 4.90 Å². The summed E-state index contributed by atoms with van der Waals surface area (Å²) in [6, 6.07) is 3.90. The molecule has 7 nitrogen and oxygen atoms in total. The minimum atomic E-state index is -3.84. The highest BCUT2D eigenvalue weighted by Crippen LogP contribution is 2.13. The highest BCUT2D eigenvalue weighted by molar-refractivity contribution is 7.89. The molecular formula is C9H9N3O4S. The number of fused-ring (bicyclic) bond motifs is 1. The van der Waals surface area contributed by atoms with E-state index in [1.54, 1.807) is 0 Å². The average molecular weight is 255 g/mol. The van der Waals surface area contributed by atoms with Crippen LogP contribution in [0.1, 0.15) is 0 Å². The molecule has 3 N–H and O–H groups in total. The van der Waals surface area contributed by atoms with Crippen LogP contribution >= 0.6 is 0 Å². The summed E-state index contributed by atoms with van der Waals surface area (Å²) in [5.74, 6) is 0. The number of H-pyrrole nitrogens is 1. The van der Waals surface area contributed by atoms with Crippen molar-refractivity contribution < 1.29 is 8.42 Å². The van der Waals surface area contributed by atoms with Gasteiger partial charge in [0.15, 0.2) is 0 Å². The van der Waals surface area contributed by atoms with E-state index in [0.29, 0.717) is 5.52 Å². The quantitative estimate of drug-likeness (QED) is 0.627. The van der Waals surface area contributed by atoms with Gasteiger partial charge in [-0.05, 0) is 18.2 Å². The van der Waals surface area contributed by atoms with E-state index >= 15 is 0 Å². The van der Waals surface area contributed by atoms with E-state index in [0.717, 1.165) is 4.57 Å². The molecule has 8 heteroatoms. The van der Waals surface area contributed by atoms with Crippen LogP contribution in [0, 0.1) is 0 Å². The molecule has 0 saturated carbocycles. The Morgan fingerprint density at radius 1 is 1.29 bits per heavy atom. The Balaban J connectivity index is 2.95. The van der Waals surface area contributed by atoms with Crippen molar-refractivity contribution in [2.75, 3.05) is 0 Å². The third-order valence-corrected chi connectivity index (χ3v) is 3.32. The van der Waals surface area contributed by atoms with Crippen molar-refractivity contribution >= 4 is 21.1 Å². The van der Waals surface area contributed by atoms with E-state index in [1.807, 2.05) is 0 Å². The lowest BCUT2D eigenvalue weighted by Gasteiger charge is -2.05. The van der Waals surface area contributed by atoms with Gasteiger partial charge in [0.25, 0.3) is 0 Å². The van der Waals surface area contributed by atoms with Gasteiger partial charge in [0, 0.05) is 7.05 Å². The zero-order valence-electron chi connectivity index (χ0n) is 8.80. The molecule has 0 amide bonds. The van der Waals surface area contributed by atoms with E-state index in [2.05, 4.69) is 4.98 Å². The number of sulfonamides is 1. The molecular weight excluding hydrogens is 246 g/mol. The van der Waals surface area contributed by atoms with E-state index in [1.165, 1.54) is 25.2 Å². The first-order valence-electron chi connectivity index (χ1n) is 4.56. The number of benzene rings is 1. The minimum Gasteiger partial charge on any atom is -0.316 e. The fourth-order valence-electron chi connectivity index (χ4n) is 1.52. The molecule has 0 radical (unpaired) electrons. The van der Waals surface area contributed by atoms with Gasteiger partial charge in [-0.2, -0.15) is 0 Å². The fraction of sp³-hybridized carbons (Fsp3) is 0.111. The van der Waals surface area contributed by atoms with Crippen LogP contribution in [0.5, 0.6) is 0 Å². The maximum atomic E-state index is 11.3. The molecule has 0 bridgehead atoms. The van der Waals surface area contributed by atoms with E-state index in [9.17, 15) is 18.0 Å². The van der Waals surface area contributed by atoms with Gasteiger partial charge in [0.05, 0.1) is 15.9 Å². The second kappa shape index (κ2) is 3.54. The molecule has 90 valence electrons. The van der Waals surface area contributed by atoms with Crippen LogP contribution in [0.2, 0.25) is 0 Å². The number of aryl methyl sites for hydroxylation is 1. The lowest BCUT2D eigenvalue weighted by molar-refractivity contribution is 0.598. The van der Waals surface area contributed by atoms with Crippen LogP contribution in [0.3, 0.4) is 0 Å². The molecule has 1 heterocycles. The number of primary sulfonamides is 1. The first-order valence-corrected chi connectivity index (χ1v) is 6.11. The molecule has 0 unspecified atom stereocenters. The smallest absolute Gasteiger partial charge is 0.316 e. The third kappa shape index (κ3) is 1.87. The predicted molar refractivity (Wildman–Crippen MR) is 61.2 cm³/mol. The lowest BCUT2D eigenvalue weighted by atomic mass is 10.3. The van der Waals surface area contributed by atoms with E-state index < -0.39 is 21.1 Å². The summed E-state index contributed by atoms with van der Waals surface area (Å²) in [4.78, 5) is 24.8. The van der Waals surface area contributed by atoms with Crippen LogP contribution in [0.15, 0.2) is 32.7 Å². The molecule has 0 spiro atoms. The van der Waals surface area contributed by atoms with Gasteiger partial charge in [-0.25, -0.2) is 13.6 Å². The lowest BCUT2D eigenvalue weighted by Crippen LogP contribution is -2.34. The van der Waals surface area contributed by atoms with E-state index in [-0.39, 0.29) is 10.4 Å². The van der Waals surface area contributed by atoms with Gasteiger partial charge in [0.1, 0.15) is 0 Å². The number of aromatic amines is 1. The maximum absolute atomic E-state index is 11.3. The standard InChI is InChI=1S/C9H9N3O4S/c1-12-7-3-2-5(17(10,15)16)4-6(7)11-8(13)9(12)14/h2-4H,1H3,(H,11,13)(H2,10,15,16). The summed E-state index contributed by atoms with van der Waals surface area (Å²) >= 11 is 0. The summed E-state index contributed by atoms with van der Waals surface area (Å²) in [7, 11) is -2.41. The van der Waals surface area contributed by atoms with Crippen molar-refractivity contribution in [1.82, 2.24) is 9.55 Å². The zero-order chi connectivity index (χ0) is 12.8. The molecule has 0 aliphatic heterocycles. The normalized spacial score (nSPS) is 11.9. The second-order valence-corrected chi connectivity index (χ2v) is 5.10. The number of hydrogen-bond donors (Lipinski definition) is 2. The van der Waals surface area contributed by atoms with Crippen LogP contribution in [0.4, 0.5) is 0 Å². The van der Waals surface area contributed by atoms with Crippen molar-refractivity contribution in [2.24, 2.45) is 12.2 Å². The molecule has 2 aromatic rings. The highest BCUT2D eigenvalue weighted by Gasteiger charge is 2.10. The fourth-order valence-corrected chi connectivity index (χ4v) is 2.06. The molecule has 0 saturated heterocycles. The highest BCUT2D eigenvalue weighted by atomic mass is 32.2. The number of aromatic nitrogens is 2. The molecule has 0 atom stereocenters. The monoisotopic (exact) mass is 255 g/mol. The van der Waals surface area contributed by atoms with Crippen molar-refractivity contribution in [3.63, 3.8) is 0 Å². The van der Waals surface area contributed by atoms with E-state index in [4.69, 9.17) is 5.14 Å². The summed E-state index contributed by atoms with van der Waals surface area (Å²) in [5.41, 5.74) is -0.863. The number of nitrogens with zero attached hydrogens (tertiary/aromatic N) is 1. The number of rotatable bonds is 1. The Morgan fingerprint density at radius 2 is 1.94 bits per heavy atom. The number of hydrogen-bond acceptors (Lipinski definition) is 4. The maximum Gasteiger partial charge on any atom is 0.316 e. The summed E-state index contributed by atoms with van der Waals surface area (Å²) in [6.07, 6.45) is 0. The summed E-state index contributed by atoms with van der Waals surface area (Å²) < 4.78 is 23.4. The Morgan fingerprint density at radius 3 is 2.53 bits per heavy atom. The predicted octanol–water partition coefficient (Wildman–Crippen LogP) is -1.13. The molecule has 17 heavy (non-hydrogen) atoms. The molecule has 0 fully saturated rings. The topological polar surface area (TPSA) is 115 Å². The number of nitrogens with one attached hydrogen (secondary N) is 1. The first-order chi connectivity index (χ1) is 7.80. The first kappa shape index (κ1) is 11.6. The molecule has 2 rings (SSSR count). The molecule has 0 aliphatic carbocycles. The van der Waals surface area contributed by atoms with Gasteiger partial charge in [-0.3, -0.25) is 9.59 Å². The van der Waals surface area contributed by atoms with Gasteiger partial charge in [-0.1, -0.05) is 0 Å². The van der Waals surface area contributed by atoms with Crippen LogP contribution in [0.25, 0.3) is 11.0 Å².